The maximum absolute atomic E-state index is 10.1. The fourth-order valence-corrected chi connectivity index (χ4v) is 3.51. The zero-order chi connectivity index (χ0) is 17.1. The van der Waals surface area contributed by atoms with Crippen LogP contribution in [0.25, 0.3) is 11.4 Å². The Labute approximate surface area is 147 Å². The molecule has 2 aliphatic heterocycles. The fourth-order valence-electron chi connectivity index (χ4n) is 3.51. The predicted octanol–water partition coefficient (Wildman–Crippen LogP) is 0.810. The summed E-state index contributed by atoms with van der Waals surface area (Å²) in [6, 6.07) is 7.82. The van der Waals surface area contributed by atoms with Gasteiger partial charge >= 0.3 is 0 Å². The standard InChI is InChI=1S/C18H23N5O2/c24-17-13-25-12-16(17)22-8-3-9-23(11-10-22)18-20-7-5-15(21-18)14-4-1-2-6-19-14/h1-2,4-7,16-17,24H,3,8-13H2/t16-,17-/m0/s1. The van der Waals surface area contributed by atoms with E-state index < -0.39 is 0 Å². The third-order valence-corrected chi connectivity index (χ3v) is 4.87. The number of rotatable bonds is 3. The van der Waals surface area contributed by atoms with Crippen LogP contribution in [0.5, 0.6) is 0 Å². The quantitative estimate of drug-likeness (QED) is 0.885. The lowest BCUT2D eigenvalue weighted by atomic mass is 10.2. The zero-order valence-corrected chi connectivity index (χ0v) is 14.2. The second kappa shape index (κ2) is 7.43. The molecule has 2 aromatic heterocycles. The molecule has 0 aromatic carbocycles. The number of aliphatic hydroxyl groups is 1. The number of hydrogen-bond donors (Lipinski definition) is 1. The van der Waals surface area contributed by atoms with E-state index in [0.29, 0.717) is 13.2 Å². The molecule has 4 heterocycles. The van der Waals surface area contributed by atoms with Crippen molar-refractivity contribution in [3.63, 3.8) is 0 Å². The Balaban J connectivity index is 1.47. The van der Waals surface area contributed by atoms with Gasteiger partial charge in [0.25, 0.3) is 0 Å². The van der Waals surface area contributed by atoms with Crippen LogP contribution >= 0.6 is 0 Å². The van der Waals surface area contributed by atoms with Crippen molar-refractivity contribution in [3.8, 4) is 11.4 Å². The summed E-state index contributed by atoms with van der Waals surface area (Å²) < 4.78 is 5.40. The molecule has 4 rings (SSSR count). The number of anilines is 1. The van der Waals surface area contributed by atoms with Gasteiger partial charge in [-0.05, 0) is 24.6 Å². The average molecular weight is 341 g/mol. The van der Waals surface area contributed by atoms with Gasteiger partial charge in [0.15, 0.2) is 0 Å². The molecule has 0 bridgehead atoms. The van der Waals surface area contributed by atoms with Crippen LogP contribution in [0.1, 0.15) is 6.42 Å². The van der Waals surface area contributed by atoms with E-state index in [0.717, 1.165) is 49.9 Å². The Morgan fingerprint density at radius 3 is 2.72 bits per heavy atom. The Morgan fingerprint density at radius 2 is 1.92 bits per heavy atom. The first kappa shape index (κ1) is 16.4. The van der Waals surface area contributed by atoms with E-state index in [4.69, 9.17) is 9.72 Å². The number of ether oxygens (including phenoxy) is 1. The summed E-state index contributed by atoms with van der Waals surface area (Å²) in [4.78, 5) is 18.1. The number of aromatic nitrogens is 3. The first-order valence-corrected chi connectivity index (χ1v) is 8.80. The van der Waals surface area contributed by atoms with Gasteiger partial charge in [-0.2, -0.15) is 0 Å². The molecule has 2 aromatic rings. The highest BCUT2D eigenvalue weighted by atomic mass is 16.5. The van der Waals surface area contributed by atoms with Gasteiger partial charge < -0.3 is 14.7 Å². The van der Waals surface area contributed by atoms with E-state index in [-0.39, 0.29) is 12.1 Å². The van der Waals surface area contributed by atoms with Crippen LogP contribution < -0.4 is 4.90 Å². The molecule has 0 amide bonds. The van der Waals surface area contributed by atoms with E-state index in [9.17, 15) is 5.11 Å². The molecule has 0 saturated carbocycles. The maximum atomic E-state index is 10.1. The summed E-state index contributed by atoms with van der Waals surface area (Å²) in [7, 11) is 0. The molecule has 0 unspecified atom stereocenters. The summed E-state index contributed by atoms with van der Waals surface area (Å²) in [6.07, 6.45) is 4.20. The second-order valence-electron chi connectivity index (χ2n) is 6.51. The Kier molecular flexibility index (Phi) is 4.87. The summed E-state index contributed by atoms with van der Waals surface area (Å²) in [5.41, 5.74) is 1.69. The van der Waals surface area contributed by atoms with Crippen molar-refractivity contribution in [3.05, 3.63) is 36.7 Å². The van der Waals surface area contributed by atoms with Crippen LogP contribution in [0.2, 0.25) is 0 Å². The Morgan fingerprint density at radius 1 is 0.960 bits per heavy atom. The van der Waals surface area contributed by atoms with E-state index in [2.05, 4.69) is 19.8 Å². The van der Waals surface area contributed by atoms with Crippen LogP contribution in [-0.2, 0) is 4.74 Å². The van der Waals surface area contributed by atoms with Crippen molar-refractivity contribution in [2.75, 3.05) is 44.3 Å². The molecule has 2 saturated heterocycles. The first-order chi connectivity index (χ1) is 12.3. The third kappa shape index (κ3) is 3.63. The lowest BCUT2D eigenvalue weighted by Crippen LogP contribution is -2.44. The van der Waals surface area contributed by atoms with Crippen molar-refractivity contribution in [1.29, 1.82) is 0 Å². The minimum absolute atomic E-state index is 0.112. The largest absolute Gasteiger partial charge is 0.389 e. The molecule has 0 spiro atoms. The number of pyridine rings is 1. The molecule has 2 aliphatic rings. The number of hydrogen-bond acceptors (Lipinski definition) is 7. The number of nitrogens with zero attached hydrogens (tertiary/aromatic N) is 5. The van der Waals surface area contributed by atoms with Gasteiger partial charge in [-0.3, -0.25) is 9.88 Å². The maximum Gasteiger partial charge on any atom is 0.225 e. The van der Waals surface area contributed by atoms with Gasteiger partial charge in [0, 0.05) is 38.6 Å². The van der Waals surface area contributed by atoms with Gasteiger partial charge in [0.05, 0.1) is 36.7 Å². The van der Waals surface area contributed by atoms with Crippen LogP contribution in [0.3, 0.4) is 0 Å². The minimum atomic E-state index is -0.379. The second-order valence-corrected chi connectivity index (χ2v) is 6.51. The monoisotopic (exact) mass is 341 g/mol. The van der Waals surface area contributed by atoms with Crippen LogP contribution in [0, 0.1) is 0 Å². The van der Waals surface area contributed by atoms with E-state index in [1.54, 1.807) is 12.4 Å². The normalized spacial score (nSPS) is 25.1. The van der Waals surface area contributed by atoms with E-state index in [1.165, 1.54) is 0 Å². The molecular formula is C18H23N5O2. The smallest absolute Gasteiger partial charge is 0.225 e. The summed E-state index contributed by atoms with van der Waals surface area (Å²) >= 11 is 0. The highest BCUT2D eigenvalue weighted by Crippen LogP contribution is 2.20. The summed E-state index contributed by atoms with van der Waals surface area (Å²) in [5, 5.41) is 10.1. The Hall–Kier alpha value is -2.09. The van der Waals surface area contributed by atoms with Crippen LogP contribution in [0.4, 0.5) is 5.95 Å². The zero-order valence-electron chi connectivity index (χ0n) is 14.2. The molecule has 25 heavy (non-hydrogen) atoms. The average Bonchev–Trinajstić information content (AvgIpc) is 2.94. The van der Waals surface area contributed by atoms with Gasteiger partial charge in [0.1, 0.15) is 0 Å². The molecule has 1 N–H and O–H groups in total. The molecule has 0 aliphatic carbocycles. The molecular weight excluding hydrogens is 318 g/mol. The highest BCUT2D eigenvalue weighted by molar-refractivity contribution is 5.55. The lowest BCUT2D eigenvalue weighted by molar-refractivity contribution is 0.0859. The molecule has 7 heteroatoms. The van der Waals surface area contributed by atoms with Crippen molar-refractivity contribution >= 4 is 5.95 Å². The van der Waals surface area contributed by atoms with Crippen LogP contribution in [-0.4, -0.2) is 76.5 Å². The molecule has 2 fully saturated rings. The molecule has 132 valence electrons. The van der Waals surface area contributed by atoms with Crippen molar-refractivity contribution < 1.29 is 9.84 Å². The lowest BCUT2D eigenvalue weighted by Gasteiger charge is -2.28. The summed E-state index contributed by atoms with van der Waals surface area (Å²) in [6.45, 7) is 4.65. The minimum Gasteiger partial charge on any atom is -0.389 e. The topological polar surface area (TPSA) is 74.6 Å². The summed E-state index contributed by atoms with van der Waals surface area (Å²) in [5.74, 6) is 0.744. The predicted molar refractivity (Wildman–Crippen MR) is 94.3 cm³/mol. The van der Waals surface area contributed by atoms with E-state index in [1.807, 2.05) is 24.3 Å². The Bertz CT molecular complexity index is 699. The van der Waals surface area contributed by atoms with Gasteiger partial charge in [-0.1, -0.05) is 6.07 Å². The van der Waals surface area contributed by atoms with Crippen molar-refractivity contribution in [1.82, 2.24) is 19.9 Å². The molecule has 2 atom stereocenters. The first-order valence-electron chi connectivity index (χ1n) is 8.80. The SMILES string of the molecule is O[C@H]1COC[C@@H]1N1CCCN(c2nccc(-c3ccccn3)n2)CC1. The fraction of sp³-hybridized carbons (Fsp3) is 0.500. The van der Waals surface area contributed by atoms with Crippen LogP contribution in [0.15, 0.2) is 36.7 Å². The van der Waals surface area contributed by atoms with Gasteiger partial charge in [-0.25, -0.2) is 9.97 Å². The van der Waals surface area contributed by atoms with Gasteiger partial charge in [-0.15, -0.1) is 0 Å². The van der Waals surface area contributed by atoms with Crippen molar-refractivity contribution in [2.45, 2.75) is 18.6 Å². The molecule has 0 radical (unpaired) electrons. The third-order valence-electron chi connectivity index (χ3n) is 4.87. The number of aliphatic hydroxyl groups excluding tert-OH is 1. The van der Waals surface area contributed by atoms with E-state index >= 15 is 0 Å². The molecule has 7 nitrogen and oxygen atoms in total. The highest BCUT2D eigenvalue weighted by Gasteiger charge is 2.32. The van der Waals surface area contributed by atoms with Crippen molar-refractivity contribution in [2.24, 2.45) is 0 Å². The van der Waals surface area contributed by atoms with Gasteiger partial charge in [0.2, 0.25) is 5.95 Å².